The lowest BCUT2D eigenvalue weighted by molar-refractivity contribution is -0.113. The molecular weight excluding hydrogens is 410 g/mol. The van der Waals surface area contributed by atoms with Crippen LogP contribution in [0.5, 0.6) is 5.75 Å². The highest BCUT2D eigenvalue weighted by Gasteiger charge is 2.34. The van der Waals surface area contributed by atoms with E-state index in [2.05, 4.69) is 0 Å². The van der Waals surface area contributed by atoms with E-state index in [1.807, 2.05) is 84.9 Å². The third-order valence-corrected chi connectivity index (χ3v) is 6.53. The van der Waals surface area contributed by atoms with Gasteiger partial charge in [0.25, 0.3) is 5.91 Å². The number of thiocarbonyl (C=S) groups is 1. The van der Waals surface area contributed by atoms with E-state index >= 15 is 0 Å². The Bertz CT molecular complexity index is 1350. The van der Waals surface area contributed by atoms with Gasteiger partial charge in [0.15, 0.2) is 4.32 Å². The Morgan fingerprint density at radius 1 is 0.867 bits per heavy atom. The summed E-state index contributed by atoms with van der Waals surface area (Å²) in [7, 11) is 1.64. The average molecular weight is 428 g/mol. The van der Waals surface area contributed by atoms with Crippen molar-refractivity contribution in [3.05, 3.63) is 89.3 Å². The van der Waals surface area contributed by atoms with E-state index in [9.17, 15) is 4.79 Å². The van der Waals surface area contributed by atoms with Crippen molar-refractivity contribution in [2.24, 2.45) is 0 Å². The van der Waals surface area contributed by atoms with Crippen LogP contribution in [0.15, 0.2) is 83.8 Å². The molecule has 0 saturated carbocycles. The van der Waals surface area contributed by atoms with Gasteiger partial charge in [-0.3, -0.25) is 9.69 Å². The van der Waals surface area contributed by atoms with Crippen LogP contribution >= 0.6 is 24.0 Å². The van der Waals surface area contributed by atoms with E-state index in [0.717, 1.165) is 38.5 Å². The van der Waals surface area contributed by atoms with Gasteiger partial charge in [0.05, 0.1) is 17.7 Å². The number of carbonyl (C=O) groups is 1. The Morgan fingerprint density at radius 3 is 2.30 bits per heavy atom. The zero-order valence-corrected chi connectivity index (χ0v) is 17.8. The molecule has 0 atom stereocenters. The number of ether oxygens (including phenoxy) is 1. The van der Waals surface area contributed by atoms with Crippen molar-refractivity contribution in [3.8, 4) is 5.75 Å². The molecule has 1 aliphatic heterocycles. The topological polar surface area (TPSA) is 29.5 Å². The Hall–Kier alpha value is -3.15. The minimum absolute atomic E-state index is 0.114. The van der Waals surface area contributed by atoms with Crippen LogP contribution in [0.2, 0.25) is 0 Å². The summed E-state index contributed by atoms with van der Waals surface area (Å²) >= 11 is 6.93. The molecule has 0 spiro atoms. The smallest absolute Gasteiger partial charge is 0.270 e. The molecular formula is C25H17NO2S2. The van der Waals surface area contributed by atoms with Gasteiger partial charge in [-0.25, -0.2) is 0 Å². The Morgan fingerprint density at radius 2 is 1.53 bits per heavy atom. The van der Waals surface area contributed by atoms with Crippen LogP contribution in [0.3, 0.4) is 0 Å². The first-order chi connectivity index (χ1) is 14.7. The van der Waals surface area contributed by atoms with Crippen LogP contribution in [0.1, 0.15) is 5.56 Å². The van der Waals surface area contributed by atoms with Crippen LogP contribution in [0, 0.1) is 0 Å². The summed E-state index contributed by atoms with van der Waals surface area (Å²) in [4.78, 5) is 15.6. The van der Waals surface area contributed by atoms with Crippen molar-refractivity contribution in [2.45, 2.75) is 0 Å². The van der Waals surface area contributed by atoms with E-state index in [1.54, 1.807) is 12.0 Å². The summed E-state index contributed by atoms with van der Waals surface area (Å²) in [5.74, 6) is 0.612. The highest BCUT2D eigenvalue weighted by molar-refractivity contribution is 8.27. The summed E-state index contributed by atoms with van der Waals surface area (Å²) in [6.45, 7) is 0. The number of carbonyl (C=O) groups excluding carboxylic acids is 1. The SMILES string of the molecule is COc1ccc2ccccc2c1/C=C1/SC(=S)N(c2cccc3ccccc23)C1=O. The average Bonchev–Trinajstić information content (AvgIpc) is 3.06. The molecule has 0 bridgehead atoms. The maximum atomic E-state index is 13.4. The number of nitrogens with zero attached hydrogens (tertiary/aromatic N) is 1. The van der Waals surface area contributed by atoms with Gasteiger partial charge < -0.3 is 4.74 Å². The summed E-state index contributed by atoms with van der Waals surface area (Å²) in [6.07, 6.45) is 1.89. The van der Waals surface area contributed by atoms with Crippen molar-refractivity contribution in [2.75, 3.05) is 12.0 Å². The fraction of sp³-hybridized carbons (Fsp3) is 0.0400. The lowest BCUT2D eigenvalue weighted by atomic mass is 10.0. The fourth-order valence-corrected chi connectivity index (χ4v) is 5.08. The van der Waals surface area contributed by atoms with Crippen molar-refractivity contribution < 1.29 is 9.53 Å². The molecule has 0 unspecified atom stereocenters. The van der Waals surface area contributed by atoms with Crippen molar-refractivity contribution >= 4 is 67.5 Å². The Balaban J connectivity index is 1.63. The minimum Gasteiger partial charge on any atom is -0.496 e. The van der Waals surface area contributed by atoms with Crippen LogP contribution < -0.4 is 9.64 Å². The second kappa shape index (κ2) is 7.59. The summed E-state index contributed by atoms with van der Waals surface area (Å²) < 4.78 is 6.11. The lowest BCUT2D eigenvalue weighted by Crippen LogP contribution is -2.27. The van der Waals surface area contributed by atoms with Crippen molar-refractivity contribution in [1.29, 1.82) is 0 Å². The number of methoxy groups -OCH3 is 1. The highest BCUT2D eigenvalue weighted by atomic mass is 32.2. The molecule has 30 heavy (non-hydrogen) atoms. The molecule has 0 aromatic heterocycles. The largest absolute Gasteiger partial charge is 0.496 e. The summed E-state index contributed by atoms with van der Waals surface area (Å²) in [6, 6.07) is 26.0. The normalized spacial score (nSPS) is 15.5. The van der Waals surface area contributed by atoms with Gasteiger partial charge in [-0.1, -0.05) is 90.7 Å². The number of hydrogen-bond acceptors (Lipinski definition) is 4. The maximum absolute atomic E-state index is 13.4. The molecule has 4 aromatic rings. The number of thioether (sulfide) groups is 1. The van der Waals surface area contributed by atoms with Crippen molar-refractivity contribution in [3.63, 3.8) is 0 Å². The zero-order chi connectivity index (χ0) is 20.7. The standard InChI is InChI=1S/C25H17NO2S2/c1-28-22-14-13-17-8-2-4-10-18(17)20(22)15-23-24(27)26(25(29)30-23)21-12-6-9-16-7-3-5-11-19(16)21/h2-15H,1H3/b23-15+. The second-order valence-electron chi connectivity index (χ2n) is 6.92. The minimum atomic E-state index is -0.114. The third-order valence-electron chi connectivity index (χ3n) is 5.23. The molecule has 1 amide bonds. The number of rotatable bonds is 3. The maximum Gasteiger partial charge on any atom is 0.270 e. The van der Waals surface area contributed by atoms with Gasteiger partial charge >= 0.3 is 0 Å². The number of hydrogen-bond donors (Lipinski definition) is 0. The molecule has 5 rings (SSSR count). The zero-order valence-electron chi connectivity index (χ0n) is 16.2. The predicted molar refractivity (Wildman–Crippen MR) is 130 cm³/mol. The monoisotopic (exact) mass is 427 g/mol. The van der Waals surface area contributed by atoms with Crippen molar-refractivity contribution in [1.82, 2.24) is 0 Å². The first kappa shape index (κ1) is 18.9. The number of anilines is 1. The van der Waals surface area contributed by atoms with Gasteiger partial charge in [0, 0.05) is 10.9 Å². The van der Waals surface area contributed by atoms with E-state index < -0.39 is 0 Å². The Labute approximate surface area is 183 Å². The first-order valence-electron chi connectivity index (χ1n) is 9.49. The molecule has 1 fully saturated rings. The van der Waals surface area contributed by atoms with Gasteiger partial charge in [0.1, 0.15) is 5.75 Å². The number of benzene rings is 4. The van der Waals surface area contributed by atoms with Gasteiger partial charge in [-0.05, 0) is 34.4 Å². The van der Waals surface area contributed by atoms with E-state index in [-0.39, 0.29) is 5.91 Å². The fourth-order valence-electron chi connectivity index (χ4n) is 3.81. The molecule has 1 saturated heterocycles. The lowest BCUT2D eigenvalue weighted by Gasteiger charge is -2.17. The molecule has 146 valence electrons. The van der Waals surface area contributed by atoms with Gasteiger partial charge in [0.2, 0.25) is 0 Å². The van der Waals surface area contributed by atoms with E-state index in [0.29, 0.717) is 9.23 Å². The number of fused-ring (bicyclic) bond motifs is 2. The van der Waals surface area contributed by atoms with E-state index in [4.69, 9.17) is 17.0 Å². The molecule has 5 heteroatoms. The van der Waals surface area contributed by atoms with Crippen LogP contribution in [-0.4, -0.2) is 17.3 Å². The molecule has 4 aromatic carbocycles. The predicted octanol–water partition coefficient (Wildman–Crippen LogP) is 6.41. The van der Waals surface area contributed by atoms with E-state index in [1.165, 1.54) is 11.8 Å². The third kappa shape index (κ3) is 3.07. The van der Waals surface area contributed by atoms with Crippen LogP contribution in [-0.2, 0) is 4.79 Å². The van der Waals surface area contributed by atoms with Crippen LogP contribution in [0.25, 0.3) is 27.6 Å². The van der Waals surface area contributed by atoms with Gasteiger partial charge in [-0.2, -0.15) is 0 Å². The quantitative estimate of drug-likeness (QED) is 0.279. The molecule has 1 heterocycles. The molecule has 0 N–H and O–H groups in total. The molecule has 0 aliphatic carbocycles. The number of amides is 1. The summed E-state index contributed by atoms with van der Waals surface area (Å²) in [5.41, 5.74) is 1.69. The van der Waals surface area contributed by atoms with Crippen LogP contribution in [0.4, 0.5) is 5.69 Å². The van der Waals surface area contributed by atoms with Gasteiger partial charge in [-0.15, -0.1) is 0 Å². The second-order valence-corrected chi connectivity index (χ2v) is 8.59. The summed E-state index contributed by atoms with van der Waals surface area (Å²) in [5, 5.41) is 4.20. The molecule has 3 nitrogen and oxygen atoms in total. The first-order valence-corrected chi connectivity index (χ1v) is 10.7. The molecule has 0 radical (unpaired) electrons. The Kier molecular flexibility index (Phi) is 4.77. The highest BCUT2D eigenvalue weighted by Crippen LogP contribution is 2.40. The molecule has 1 aliphatic rings.